The minimum absolute atomic E-state index is 0.580. The number of aromatic nitrogens is 2. The van der Waals surface area contributed by atoms with E-state index in [-0.39, 0.29) is 0 Å². The van der Waals surface area contributed by atoms with Gasteiger partial charge < -0.3 is 9.72 Å². The second-order valence-electron chi connectivity index (χ2n) is 5.18. The molecule has 0 spiro atoms. The molecule has 2 aromatic heterocycles. The van der Waals surface area contributed by atoms with Crippen molar-refractivity contribution in [2.45, 2.75) is 31.4 Å². The van der Waals surface area contributed by atoms with Crippen LogP contribution < -0.4 is 4.72 Å². The van der Waals surface area contributed by atoms with Gasteiger partial charge in [0.25, 0.3) is 0 Å². The number of hydrogen-bond donors (Lipinski definition) is 2. The molecule has 0 fully saturated rings. The van der Waals surface area contributed by atoms with Crippen LogP contribution in [-0.2, 0) is 22.1 Å². The molecule has 0 amide bonds. The lowest BCUT2D eigenvalue weighted by Gasteiger charge is -2.07. The van der Waals surface area contributed by atoms with Crippen molar-refractivity contribution >= 4 is 38.9 Å². The van der Waals surface area contributed by atoms with E-state index in [0.717, 1.165) is 21.5 Å². The average molecular weight is 391 g/mol. The molecule has 138 valence electrons. The normalized spacial score (nSPS) is 11.5. The van der Waals surface area contributed by atoms with Gasteiger partial charge in [-0.1, -0.05) is 19.9 Å². The Hall–Kier alpha value is -2.21. The first-order chi connectivity index (χ1) is 12.6. The van der Waals surface area contributed by atoms with Crippen LogP contribution in [0.5, 0.6) is 0 Å². The molecule has 3 rings (SSSR count). The fourth-order valence-corrected chi connectivity index (χ4v) is 4.39. The number of hydrogen-bond acceptors (Lipinski definition) is 5. The molecule has 26 heavy (non-hydrogen) atoms. The van der Waals surface area contributed by atoms with Crippen molar-refractivity contribution in [1.29, 1.82) is 5.26 Å². The van der Waals surface area contributed by atoms with Crippen LogP contribution in [0.15, 0.2) is 28.7 Å². The predicted molar refractivity (Wildman–Crippen MR) is 107 cm³/mol. The number of aryl methyl sites for hydroxylation is 1. The Balaban J connectivity index is 0.00000117. The maximum atomic E-state index is 12.6. The number of H-pyrrole nitrogens is 1. The lowest BCUT2D eigenvalue weighted by molar-refractivity contribution is 0.202. The number of ether oxygens (including phenoxy) is 1. The zero-order chi connectivity index (χ0) is 19.1. The quantitative estimate of drug-likeness (QED) is 0.661. The van der Waals surface area contributed by atoms with Crippen molar-refractivity contribution < 1.29 is 8.95 Å². The van der Waals surface area contributed by atoms with Gasteiger partial charge in [0.05, 0.1) is 34.6 Å². The molecule has 0 bridgehead atoms. The average Bonchev–Trinajstić information content (AvgIpc) is 3.31. The molecule has 2 heterocycles. The molecular formula is C18H22N4O2S2. The minimum atomic E-state index is -1.41. The Kier molecular flexibility index (Phi) is 7.33. The Bertz CT molecular complexity index is 940. The first kappa shape index (κ1) is 20.1. The molecular weight excluding hydrogens is 368 g/mol. The summed E-state index contributed by atoms with van der Waals surface area (Å²) < 4.78 is 21.3. The number of thiazole rings is 1. The van der Waals surface area contributed by atoms with Crippen LogP contribution in [0.25, 0.3) is 10.9 Å². The molecule has 3 aromatic rings. The molecule has 0 aliphatic heterocycles. The van der Waals surface area contributed by atoms with Crippen molar-refractivity contribution in [2.24, 2.45) is 0 Å². The predicted octanol–water partition coefficient (Wildman–Crippen LogP) is 4.15. The summed E-state index contributed by atoms with van der Waals surface area (Å²) in [6, 6.07) is 5.94. The summed E-state index contributed by atoms with van der Waals surface area (Å²) in [5.74, 6) is 0. The summed E-state index contributed by atoms with van der Waals surface area (Å²) in [4.78, 5) is 7.36. The number of methoxy groups -OCH3 is 1. The fraction of sp³-hybridized carbons (Fsp3) is 0.333. The Morgan fingerprint density at radius 1 is 1.42 bits per heavy atom. The van der Waals surface area contributed by atoms with Gasteiger partial charge in [0.1, 0.15) is 10.3 Å². The van der Waals surface area contributed by atoms with Crippen molar-refractivity contribution in [3.8, 4) is 6.07 Å². The van der Waals surface area contributed by atoms with Crippen molar-refractivity contribution in [2.75, 3.05) is 18.4 Å². The van der Waals surface area contributed by atoms with Crippen LogP contribution >= 0.6 is 11.3 Å². The van der Waals surface area contributed by atoms with Crippen LogP contribution in [0, 0.1) is 18.3 Å². The number of rotatable bonds is 6. The van der Waals surface area contributed by atoms with E-state index in [1.807, 2.05) is 32.9 Å². The molecule has 0 aliphatic carbocycles. The Labute approximate surface area is 159 Å². The van der Waals surface area contributed by atoms with Gasteiger partial charge in [-0.15, -0.1) is 11.3 Å². The fourth-order valence-electron chi connectivity index (χ4n) is 2.43. The van der Waals surface area contributed by atoms with Gasteiger partial charge in [-0.2, -0.15) is 5.26 Å². The number of fused-ring (bicyclic) bond motifs is 1. The van der Waals surface area contributed by atoms with E-state index < -0.39 is 11.0 Å². The summed E-state index contributed by atoms with van der Waals surface area (Å²) in [6.07, 6.45) is 4.00. The summed E-state index contributed by atoms with van der Waals surface area (Å²) in [5, 5.41) is 10.9. The zero-order valence-corrected chi connectivity index (χ0v) is 16.9. The number of nitrogens with one attached hydrogen (secondary N) is 2. The van der Waals surface area contributed by atoms with Crippen LogP contribution in [0.4, 0.5) is 5.69 Å². The largest absolute Gasteiger partial charge is 0.384 e. The van der Waals surface area contributed by atoms with Gasteiger partial charge in [-0.05, 0) is 18.6 Å². The second kappa shape index (κ2) is 9.48. The first-order valence-electron chi connectivity index (χ1n) is 8.27. The zero-order valence-electron chi connectivity index (χ0n) is 15.3. The Morgan fingerprint density at radius 3 is 2.88 bits per heavy atom. The minimum Gasteiger partial charge on any atom is -0.384 e. The highest BCUT2D eigenvalue weighted by Crippen LogP contribution is 2.29. The molecule has 6 nitrogen and oxygen atoms in total. The standard InChI is InChI=1S/C16H16N4O2S2.C2H6/c1-10-3-4-12(16-15(10)11(7-17)8-19-16)20-24(21)14-9-18-13(23-14)5-6-22-2;1-2/h3-4,8-9,19-20H,5-6H2,1-2H3;1-2H3. The summed E-state index contributed by atoms with van der Waals surface area (Å²) in [7, 11) is 0.229. The molecule has 0 saturated heterocycles. The van der Waals surface area contributed by atoms with Crippen LogP contribution in [0.2, 0.25) is 0 Å². The van der Waals surface area contributed by atoms with Crippen molar-refractivity contribution in [3.63, 3.8) is 0 Å². The number of nitrogens with zero attached hydrogens (tertiary/aromatic N) is 2. The van der Waals surface area contributed by atoms with Gasteiger partial charge in [0.2, 0.25) is 0 Å². The highest BCUT2D eigenvalue weighted by molar-refractivity contribution is 7.88. The lowest BCUT2D eigenvalue weighted by atomic mass is 10.1. The molecule has 1 unspecified atom stereocenters. The summed E-state index contributed by atoms with van der Waals surface area (Å²) >= 11 is 1.40. The molecule has 0 saturated carbocycles. The third-order valence-corrected chi connectivity index (χ3v) is 6.03. The van der Waals surface area contributed by atoms with Gasteiger partial charge >= 0.3 is 0 Å². The van der Waals surface area contributed by atoms with E-state index in [4.69, 9.17) is 4.74 Å². The molecule has 0 radical (unpaired) electrons. The molecule has 1 aromatic carbocycles. The molecule has 8 heteroatoms. The van der Waals surface area contributed by atoms with E-state index in [1.54, 1.807) is 19.5 Å². The third-order valence-electron chi connectivity index (χ3n) is 3.60. The number of aromatic amines is 1. The molecule has 0 aliphatic rings. The van der Waals surface area contributed by atoms with Crippen LogP contribution in [0.3, 0.4) is 0 Å². The van der Waals surface area contributed by atoms with Crippen molar-refractivity contribution in [1.82, 2.24) is 9.97 Å². The first-order valence-corrected chi connectivity index (χ1v) is 10.2. The topological polar surface area (TPSA) is 90.8 Å². The third kappa shape index (κ3) is 4.30. The lowest BCUT2D eigenvalue weighted by Crippen LogP contribution is -2.03. The second-order valence-corrected chi connectivity index (χ2v) is 7.74. The number of nitriles is 1. The Morgan fingerprint density at radius 2 is 2.19 bits per heavy atom. The molecule has 1 atom stereocenters. The molecule has 2 N–H and O–H groups in total. The summed E-state index contributed by atoms with van der Waals surface area (Å²) in [6.45, 7) is 6.54. The van der Waals surface area contributed by atoms with E-state index >= 15 is 0 Å². The maximum absolute atomic E-state index is 12.6. The van der Waals surface area contributed by atoms with E-state index in [9.17, 15) is 9.47 Å². The SMILES string of the molecule is CC.COCCc1ncc(S(=O)Nc2ccc(C)c3c(C#N)c[nH]c23)s1. The van der Waals surface area contributed by atoms with Crippen LogP contribution in [0.1, 0.15) is 30.0 Å². The highest BCUT2D eigenvalue weighted by atomic mass is 32.2. The van der Waals surface area contributed by atoms with Crippen molar-refractivity contribution in [3.05, 3.63) is 40.7 Å². The van der Waals surface area contributed by atoms with Gasteiger partial charge in [-0.25, -0.2) is 9.19 Å². The maximum Gasteiger partial charge on any atom is 0.162 e. The van der Waals surface area contributed by atoms with E-state index in [2.05, 4.69) is 20.8 Å². The monoisotopic (exact) mass is 390 g/mol. The van der Waals surface area contributed by atoms with E-state index in [1.165, 1.54) is 11.3 Å². The highest BCUT2D eigenvalue weighted by Gasteiger charge is 2.14. The number of anilines is 1. The van der Waals surface area contributed by atoms with Crippen LogP contribution in [-0.4, -0.2) is 27.9 Å². The van der Waals surface area contributed by atoms with Gasteiger partial charge in [0.15, 0.2) is 11.0 Å². The van der Waals surface area contributed by atoms with Gasteiger partial charge in [-0.3, -0.25) is 4.72 Å². The summed E-state index contributed by atoms with van der Waals surface area (Å²) in [5.41, 5.74) is 3.06. The number of benzene rings is 1. The van der Waals surface area contributed by atoms with Gasteiger partial charge in [0, 0.05) is 25.1 Å². The van der Waals surface area contributed by atoms with E-state index in [0.29, 0.717) is 28.5 Å². The smallest absolute Gasteiger partial charge is 0.162 e.